The van der Waals surface area contributed by atoms with Gasteiger partial charge in [-0.05, 0) is 0 Å². The minimum Gasteiger partial charge on any atom is -1.00 e. The fraction of sp³-hybridized carbons (Fsp3) is 0.182. The van der Waals surface area contributed by atoms with Gasteiger partial charge in [0.05, 0.1) is 0 Å². The summed E-state index contributed by atoms with van der Waals surface area (Å²) < 4.78 is 5.90. The molecule has 0 aromatic heterocycles. The van der Waals surface area contributed by atoms with Gasteiger partial charge in [0.25, 0.3) is 0 Å². The molecule has 0 fully saturated rings. The van der Waals surface area contributed by atoms with Gasteiger partial charge in [-0.3, -0.25) is 0 Å². The molecule has 0 aliphatic heterocycles. The number of halogens is 2. The van der Waals surface area contributed by atoms with Crippen LogP contribution >= 0.6 is 0 Å². The fourth-order valence-corrected chi connectivity index (χ4v) is 3.95. The summed E-state index contributed by atoms with van der Waals surface area (Å²) in [6.07, 6.45) is 4.54. The number of hydrogen-bond donors (Lipinski definition) is 0. The van der Waals surface area contributed by atoms with Crippen LogP contribution in [0, 0.1) is 0 Å². The number of fused-ring (bicyclic) bond motifs is 2. The number of benzene rings is 3. The van der Waals surface area contributed by atoms with E-state index in [-0.39, 0.29) is 36.3 Å². The van der Waals surface area contributed by atoms with Crippen LogP contribution in [0.4, 0.5) is 0 Å². The Morgan fingerprint density at radius 1 is 0.846 bits per heavy atom. The van der Waals surface area contributed by atoms with Crippen molar-refractivity contribution in [2.75, 3.05) is 0 Å². The number of allylic oxidation sites excluding steroid dienone is 1. The molecule has 1 atom stereocenters. The van der Waals surface area contributed by atoms with Gasteiger partial charge in [-0.2, -0.15) is 0 Å². The Hall–Kier alpha value is -1.09. The third kappa shape index (κ3) is 3.52. The van der Waals surface area contributed by atoms with Crippen molar-refractivity contribution in [3.05, 3.63) is 89.0 Å². The molecule has 0 bridgehead atoms. The third-order valence-electron chi connectivity index (χ3n) is 4.95. The minimum absolute atomic E-state index is 0. The molecule has 0 N–H and O–H groups in total. The second-order valence-corrected chi connectivity index (χ2v) is 7.15. The molecule has 0 radical (unpaired) electrons. The van der Waals surface area contributed by atoms with E-state index in [2.05, 4.69) is 86.7 Å². The molecule has 1 aliphatic rings. The molecule has 0 saturated carbocycles. The molecule has 26 heavy (non-hydrogen) atoms. The van der Waals surface area contributed by atoms with Crippen LogP contribution in [0.3, 0.4) is 0 Å². The average molecular weight is 418 g/mol. The molecule has 4 rings (SSSR count). The molecule has 0 saturated heterocycles. The van der Waals surface area contributed by atoms with Crippen molar-refractivity contribution in [3.8, 4) is 0 Å². The van der Waals surface area contributed by atoms with Gasteiger partial charge in [0.1, 0.15) is 0 Å². The van der Waals surface area contributed by atoms with Crippen molar-refractivity contribution < 1.29 is 49.0 Å². The van der Waals surface area contributed by atoms with E-state index < -0.39 is 0 Å². The molecule has 3 aromatic rings. The molecular formula is C22H19Cl2OTi. The first-order valence-electron chi connectivity index (χ1n) is 8.26. The Morgan fingerprint density at radius 3 is 2.31 bits per heavy atom. The van der Waals surface area contributed by atoms with Crippen molar-refractivity contribution in [2.45, 2.75) is 25.4 Å². The largest absolute Gasteiger partial charge is 1.00 e. The van der Waals surface area contributed by atoms with Gasteiger partial charge in [-0.1, -0.05) is 0 Å². The number of rotatable bonds is 3. The predicted octanol–water partition coefficient (Wildman–Crippen LogP) is -0.280. The molecule has 131 valence electrons. The van der Waals surface area contributed by atoms with Crippen molar-refractivity contribution in [1.29, 1.82) is 0 Å². The van der Waals surface area contributed by atoms with Crippen LogP contribution in [0.5, 0.6) is 0 Å². The molecule has 3 aromatic carbocycles. The topological polar surface area (TPSA) is 9.23 Å². The Labute approximate surface area is 179 Å². The zero-order valence-electron chi connectivity index (χ0n) is 14.7. The quantitative estimate of drug-likeness (QED) is 0.532. The van der Waals surface area contributed by atoms with Gasteiger partial charge >= 0.3 is 155 Å². The van der Waals surface area contributed by atoms with E-state index in [0.717, 1.165) is 0 Å². The van der Waals surface area contributed by atoms with Gasteiger partial charge in [-0.15, -0.1) is 0 Å². The average Bonchev–Trinajstić information content (AvgIpc) is 3.04. The molecular weight excluding hydrogens is 399 g/mol. The maximum absolute atomic E-state index is 5.90. The van der Waals surface area contributed by atoms with Crippen LogP contribution in [-0.2, 0) is 29.7 Å². The van der Waals surface area contributed by atoms with E-state index in [1.54, 1.807) is 20.8 Å². The fourth-order valence-electron chi connectivity index (χ4n) is 3.79. The Balaban J connectivity index is 0.00000121. The Morgan fingerprint density at radius 2 is 1.54 bits per heavy atom. The molecule has 0 heterocycles. The predicted molar refractivity (Wildman–Crippen MR) is 95.4 cm³/mol. The van der Waals surface area contributed by atoms with E-state index in [4.69, 9.17) is 3.32 Å². The van der Waals surface area contributed by atoms with Crippen molar-refractivity contribution in [1.82, 2.24) is 0 Å². The zero-order chi connectivity index (χ0) is 16.7. The van der Waals surface area contributed by atoms with Crippen molar-refractivity contribution in [3.63, 3.8) is 0 Å². The summed E-state index contributed by atoms with van der Waals surface area (Å²) in [5, 5.41) is 2.54. The minimum atomic E-state index is -0.346. The van der Waals surface area contributed by atoms with Crippen LogP contribution < -0.4 is 24.8 Å². The maximum Gasteiger partial charge on any atom is -1.00 e. The van der Waals surface area contributed by atoms with Crippen LogP contribution in [-0.4, -0.2) is 0 Å². The van der Waals surface area contributed by atoms with Gasteiger partial charge in [0.15, 0.2) is 0 Å². The molecule has 1 nitrogen and oxygen atoms in total. The summed E-state index contributed by atoms with van der Waals surface area (Å²) in [6.45, 7) is 4.31. The van der Waals surface area contributed by atoms with E-state index in [1.165, 1.54) is 33.0 Å². The summed E-state index contributed by atoms with van der Waals surface area (Å²) in [4.78, 5) is 0. The van der Waals surface area contributed by atoms with E-state index in [1.807, 2.05) is 0 Å². The summed E-state index contributed by atoms with van der Waals surface area (Å²) in [5.41, 5.74) is 4.97. The van der Waals surface area contributed by atoms with Gasteiger partial charge < -0.3 is 24.8 Å². The monoisotopic (exact) mass is 417 g/mol. The third-order valence-corrected chi connectivity index (χ3v) is 5.75. The first-order chi connectivity index (χ1) is 11.6. The summed E-state index contributed by atoms with van der Waals surface area (Å²) in [5.74, 6) is 0.287. The summed E-state index contributed by atoms with van der Waals surface area (Å²) >= 11 is 1.80. The van der Waals surface area contributed by atoms with Crippen LogP contribution in [0.25, 0.3) is 16.8 Å². The summed E-state index contributed by atoms with van der Waals surface area (Å²) in [7, 11) is 0. The first kappa shape index (κ1) is 21.2. The smallest absolute Gasteiger partial charge is 1.00 e. The van der Waals surface area contributed by atoms with Gasteiger partial charge in [-0.25, -0.2) is 0 Å². The van der Waals surface area contributed by atoms with E-state index in [0.29, 0.717) is 0 Å². The maximum atomic E-state index is 5.90. The SMILES string of the molecule is CC(C)([O][Ti+2])c1c(C2C=Cc3ccccc32)ccc2ccccc12.[Cl-].[Cl-]. The van der Waals surface area contributed by atoms with Gasteiger partial charge in [0, 0.05) is 0 Å². The van der Waals surface area contributed by atoms with Crippen molar-refractivity contribution >= 4 is 16.8 Å². The second kappa shape index (κ2) is 8.29. The number of hydrogen-bond acceptors (Lipinski definition) is 1. The standard InChI is InChI=1S/C22H19O.2ClH.Ti/c1-22(2,23)21-18-10-6-4-8-16(18)12-14-20(21)19-13-11-15-7-3-5-9-17(15)19;;;/h3-14,19H,1-2H3;2*1H;/q-1;;;+3/p-2. The van der Waals surface area contributed by atoms with Crippen molar-refractivity contribution in [2.24, 2.45) is 0 Å². The second-order valence-electron chi connectivity index (χ2n) is 6.83. The van der Waals surface area contributed by atoms with E-state index in [9.17, 15) is 0 Å². The molecule has 4 heteroatoms. The van der Waals surface area contributed by atoms with Crippen LogP contribution in [0.1, 0.15) is 42.0 Å². The molecule has 1 unspecified atom stereocenters. The first-order valence-corrected chi connectivity index (χ1v) is 8.89. The normalized spacial score (nSPS) is 15.3. The van der Waals surface area contributed by atoms with Crippen LogP contribution in [0.2, 0.25) is 0 Å². The van der Waals surface area contributed by atoms with Gasteiger partial charge in [0.2, 0.25) is 0 Å². The molecule has 1 aliphatic carbocycles. The Bertz CT molecular complexity index is 950. The molecule has 0 amide bonds. The Kier molecular flexibility index (Phi) is 6.77. The zero-order valence-corrected chi connectivity index (χ0v) is 17.7. The van der Waals surface area contributed by atoms with Crippen LogP contribution in [0.15, 0.2) is 66.7 Å². The summed E-state index contributed by atoms with van der Waals surface area (Å²) in [6, 6.07) is 21.7. The molecule has 0 spiro atoms. The van der Waals surface area contributed by atoms with E-state index >= 15 is 0 Å².